The maximum Gasteiger partial charge on any atom is 0.337 e. The summed E-state index contributed by atoms with van der Waals surface area (Å²) in [6.45, 7) is 0. The lowest BCUT2D eigenvalue weighted by Crippen LogP contribution is -2.26. The van der Waals surface area contributed by atoms with E-state index in [4.69, 9.17) is 16.7 Å². The normalized spacial score (nSPS) is 13.9. The Bertz CT molecular complexity index is 601. The number of thioether (sulfide) groups is 1. The van der Waals surface area contributed by atoms with E-state index in [1.165, 1.54) is 17.8 Å². The molecule has 0 saturated heterocycles. The van der Waals surface area contributed by atoms with Gasteiger partial charge in [0.25, 0.3) is 0 Å². The summed E-state index contributed by atoms with van der Waals surface area (Å²) in [5.41, 5.74) is 1.13. The zero-order valence-corrected chi connectivity index (χ0v) is 13.2. The molecule has 1 N–H and O–H groups in total. The van der Waals surface area contributed by atoms with Gasteiger partial charge in [-0.3, -0.25) is 4.79 Å². The number of carboxylic acid groups (broad SMARTS) is 1. The smallest absolute Gasteiger partial charge is 0.337 e. The number of benzene rings is 1. The molecule has 0 fully saturated rings. The maximum absolute atomic E-state index is 12.1. The summed E-state index contributed by atoms with van der Waals surface area (Å²) < 4.78 is 0. The highest BCUT2D eigenvalue weighted by atomic mass is 35.5. The average Bonchev–Trinajstić information content (AvgIpc) is 2.99. The van der Waals surface area contributed by atoms with E-state index in [1.807, 2.05) is 0 Å². The van der Waals surface area contributed by atoms with E-state index in [-0.39, 0.29) is 22.2 Å². The van der Waals surface area contributed by atoms with Crippen LogP contribution < -0.4 is 0 Å². The highest BCUT2D eigenvalue weighted by molar-refractivity contribution is 8.00. The van der Waals surface area contributed by atoms with Crippen LogP contribution in [0.4, 0.5) is 0 Å². The molecule has 1 aromatic rings. The molecule has 6 heteroatoms. The summed E-state index contributed by atoms with van der Waals surface area (Å²) in [5.74, 6) is -0.781. The van der Waals surface area contributed by atoms with Crippen LogP contribution in [0.1, 0.15) is 29.6 Å². The Balaban J connectivity index is 1.98. The number of carboxylic acids is 1. The number of halogens is 1. The molecule has 1 aliphatic carbocycles. The fourth-order valence-corrected chi connectivity index (χ4v) is 3.17. The van der Waals surface area contributed by atoms with Crippen molar-refractivity contribution in [1.82, 2.24) is 4.90 Å². The van der Waals surface area contributed by atoms with Gasteiger partial charge in [-0.25, -0.2) is 4.79 Å². The lowest BCUT2D eigenvalue weighted by molar-refractivity contribution is -0.125. The summed E-state index contributed by atoms with van der Waals surface area (Å²) in [7, 11) is 1.78. The minimum atomic E-state index is -1.07. The molecular weight excluding hydrogens is 310 g/mol. The van der Waals surface area contributed by atoms with E-state index in [9.17, 15) is 9.59 Å². The zero-order valence-electron chi connectivity index (χ0n) is 11.6. The molecule has 1 amide bonds. The van der Waals surface area contributed by atoms with Crippen molar-refractivity contribution >= 4 is 35.2 Å². The number of hydrogen-bond donors (Lipinski definition) is 1. The van der Waals surface area contributed by atoms with Gasteiger partial charge in [0.15, 0.2) is 0 Å². The Morgan fingerprint density at radius 2 is 2.19 bits per heavy atom. The largest absolute Gasteiger partial charge is 0.478 e. The second-order valence-electron chi connectivity index (χ2n) is 4.78. The number of allylic oxidation sites excluding steroid dienone is 2. The zero-order chi connectivity index (χ0) is 15.4. The number of amides is 1. The van der Waals surface area contributed by atoms with Gasteiger partial charge in [-0.05, 0) is 37.5 Å². The van der Waals surface area contributed by atoms with Crippen molar-refractivity contribution in [3.8, 4) is 0 Å². The van der Waals surface area contributed by atoms with Crippen LogP contribution in [0.25, 0.3) is 0 Å². The Kier molecular flexibility index (Phi) is 5.31. The highest BCUT2D eigenvalue weighted by Gasteiger charge is 2.17. The highest BCUT2D eigenvalue weighted by Crippen LogP contribution is 2.26. The van der Waals surface area contributed by atoms with Crippen molar-refractivity contribution in [1.29, 1.82) is 0 Å². The van der Waals surface area contributed by atoms with Crippen LogP contribution in [0.2, 0.25) is 5.02 Å². The minimum absolute atomic E-state index is 0.0139. The number of carbonyl (C=O) groups is 2. The van der Waals surface area contributed by atoms with Gasteiger partial charge in [0.2, 0.25) is 5.91 Å². The first kappa shape index (κ1) is 15.9. The Morgan fingerprint density at radius 3 is 2.81 bits per heavy atom. The Hall–Kier alpha value is -1.46. The summed E-state index contributed by atoms with van der Waals surface area (Å²) in [4.78, 5) is 25.5. The van der Waals surface area contributed by atoms with Gasteiger partial charge in [0.05, 0.1) is 16.3 Å². The lowest BCUT2D eigenvalue weighted by Gasteiger charge is -2.18. The second kappa shape index (κ2) is 7.00. The van der Waals surface area contributed by atoms with E-state index in [2.05, 4.69) is 6.08 Å². The van der Waals surface area contributed by atoms with E-state index >= 15 is 0 Å². The van der Waals surface area contributed by atoms with Gasteiger partial charge < -0.3 is 10.0 Å². The van der Waals surface area contributed by atoms with Crippen LogP contribution >= 0.6 is 23.4 Å². The molecule has 0 aliphatic heterocycles. The van der Waals surface area contributed by atoms with Crippen molar-refractivity contribution < 1.29 is 14.7 Å². The van der Waals surface area contributed by atoms with Crippen LogP contribution in [0.3, 0.4) is 0 Å². The van der Waals surface area contributed by atoms with E-state index in [0.717, 1.165) is 29.9 Å². The summed E-state index contributed by atoms with van der Waals surface area (Å²) in [5, 5.41) is 9.22. The van der Waals surface area contributed by atoms with Crippen LogP contribution in [-0.2, 0) is 4.79 Å². The van der Waals surface area contributed by atoms with Gasteiger partial charge in [-0.2, -0.15) is 0 Å². The fraction of sp³-hybridized carbons (Fsp3) is 0.333. The average molecular weight is 326 g/mol. The number of aromatic carboxylic acids is 1. The van der Waals surface area contributed by atoms with Crippen molar-refractivity contribution in [2.24, 2.45) is 0 Å². The van der Waals surface area contributed by atoms with Crippen LogP contribution in [0.5, 0.6) is 0 Å². The third-order valence-electron chi connectivity index (χ3n) is 3.35. The van der Waals surface area contributed by atoms with Crippen molar-refractivity contribution in [2.45, 2.75) is 24.2 Å². The molecule has 0 heterocycles. The molecule has 0 bridgehead atoms. The molecular formula is C15H16ClNO3S. The van der Waals surface area contributed by atoms with Crippen molar-refractivity contribution in [2.75, 3.05) is 12.8 Å². The first-order valence-corrected chi connectivity index (χ1v) is 7.96. The predicted molar refractivity (Wildman–Crippen MR) is 83.8 cm³/mol. The topological polar surface area (TPSA) is 57.6 Å². The first-order valence-electron chi connectivity index (χ1n) is 6.60. The van der Waals surface area contributed by atoms with E-state index in [0.29, 0.717) is 0 Å². The van der Waals surface area contributed by atoms with Crippen LogP contribution in [-0.4, -0.2) is 34.7 Å². The van der Waals surface area contributed by atoms with Gasteiger partial charge >= 0.3 is 5.97 Å². The molecule has 0 unspecified atom stereocenters. The standard InChI is InChI=1S/C15H16ClNO3S/c1-17(10-4-2-3-5-10)14(18)9-21-11-6-7-13(16)12(8-11)15(19)20/h4,6-8H,2-3,5,9H2,1H3,(H,19,20). The van der Waals surface area contributed by atoms with Crippen molar-refractivity contribution in [3.63, 3.8) is 0 Å². The van der Waals surface area contributed by atoms with Gasteiger partial charge in [-0.15, -0.1) is 11.8 Å². The molecule has 21 heavy (non-hydrogen) atoms. The number of nitrogens with zero attached hydrogens (tertiary/aromatic N) is 1. The SMILES string of the molecule is CN(C(=O)CSc1ccc(Cl)c(C(=O)O)c1)C1=CCCC1. The molecule has 0 radical (unpaired) electrons. The second-order valence-corrected chi connectivity index (χ2v) is 6.23. The summed E-state index contributed by atoms with van der Waals surface area (Å²) >= 11 is 7.13. The minimum Gasteiger partial charge on any atom is -0.478 e. The molecule has 1 aromatic carbocycles. The number of carbonyl (C=O) groups excluding carboxylic acids is 1. The number of rotatable bonds is 5. The van der Waals surface area contributed by atoms with E-state index in [1.54, 1.807) is 24.1 Å². The molecule has 4 nitrogen and oxygen atoms in total. The Labute approximate surface area is 132 Å². The third-order valence-corrected chi connectivity index (χ3v) is 4.66. The number of hydrogen-bond acceptors (Lipinski definition) is 3. The fourth-order valence-electron chi connectivity index (χ4n) is 2.12. The van der Waals surface area contributed by atoms with Gasteiger partial charge in [0, 0.05) is 17.6 Å². The molecule has 2 rings (SSSR count). The van der Waals surface area contributed by atoms with Gasteiger partial charge in [0.1, 0.15) is 0 Å². The predicted octanol–water partition coefficient (Wildman–Crippen LogP) is 3.66. The van der Waals surface area contributed by atoms with Crippen LogP contribution in [0, 0.1) is 0 Å². The molecule has 1 aliphatic rings. The van der Waals surface area contributed by atoms with Crippen molar-refractivity contribution in [3.05, 3.63) is 40.6 Å². The molecule has 0 aromatic heterocycles. The molecule has 0 atom stereocenters. The summed E-state index contributed by atoms with van der Waals surface area (Å²) in [6, 6.07) is 4.76. The molecule has 0 saturated carbocycles. The summed E-state index contributed by atoms with van der Waals surface area (Å²) in [6.07, 6.45) is 5.16. The Morgan fingerprint density at radius 1 is 1.43 bits per heavy atom. The van der Waals surface area contributed by atoms with E-state index < -0.39 is 5.97 Å². The monoisotopic (exact) mass is 325 g/mol. The lowest BCUT2D eigenvalue weighted by atomic mass is 10.2. The first-order chi connectivity index (χ1) is 9.99. The van der Waals surface area contributed by atoms with Gasteiger partial charge in [-0.1, -0.05) is 17.7 Å². The quantitative estimate of drug-likeness (QED) is 0.839. The molecule has 112 valence electrons. The third kappa shape index (κ3) is 4.02. The maximum atomic E-state index is 12.1. The van der Waals surface area contributed by atoms with Crippen LogP contribution in [0.15, 0.2) is 34.9 Å². The molecule has 0 spiro atoms.